The summed E-state index contributed by atoms with van der Waals surface area (Å²) < 4.78 is 0. The van der Waals surface area contributed by atoms with Crippen molar-refractivity contribution in [3.63, 3.8) is 0 Å². The quantitative estimate of drug-likeness (QED) is 0.615. The SMILES string of the molecule is CCN(c1ncnc(NC)c1[N+](=O)[O-])C1CC1. The van der Waals surface area contributed by atoms with E-state index in [1.54, 1.807) is 7.05 Å². The van der Waals surface area contributed by atoms with Crippen molar-refractivity contribution in [3.05, 3.63) is 16.4 Å². The maximum absolute atomic E-state index is 11.1. The molecule has 1 heterocycles. The number of anilines is 2. The van der Waals surface area contributed by atoms with E-state index in [4.69, 9.17) is 0 Å². The molecular weight excluding hydrogens is 222 g/mol. The molecule has 0 amide bonds. The average molecular weight is 237 g/mol. The van der Waals surface area contributed by atoms with Gasteiger partial charge in [-0.15, -0.1) is 0 Å². The Morgan fingerprint density at radius 2 is 2.29 bits per heavy atom. The number of nitro groups is 1. The van der Waals surface area contributed by atoms with Gasteiger partial charge in [-0.1, -0.05) is 0 Å². The molecule has 1 aliphatic rings. The van der Waals surface area contributed by atoms with Gasteiger partial charge < -0.3 is 10.2 Å². The fourth-order valence-electron chi connectivity index (χ4n) is 1.90. The smallest absolute Gasteiger partial charge is 0.353 e. The normalized spacial score (nSPS) is 14.5. The Kier molecular flexibility index (Phi) is 3.08. The van der Waals surface area contributed by atoms with Gasteiger partial charge in [0.05, 0.1) is 4.92 Å². The van der Waals surface area contributed by atoms with Gasteiger partial charge in [-0.05, 0) is 19.8 Å². The van der Waals surface area contributed by atoms with Crippen LogP contribution in [0, 0.1) is 10.1 Å². The summed E-state index contributed by atoms with van der Waals surface area (Å²) in [5, 5.41) is 13.9. The molecule has 0 aromatic carbocycles. The molecule has 17 heavy (non-hydrogen) atoms. The average Bonchev–Trinajstić information content (AvgIpc) is 3.13. The Morgan fingerprint density at radius 1 is 1.59 bits per heavy atom. The number of nitrogens with one attached hydrogen (secondary N) is 1. The summed E-state index contributed by atoms with van der Waals surface area (Å²) in [4.78, 5) is 20.6. The van der Waals surface area contributed by atoms with Gasteiger partial charge in [0.25, 0.3) is 0 Å². The lowest BCUT2D eigenvalue weighted by Crippen LogP contribution is -2.27. The highest BCUT2D eigenvalue weighted by atomic mass is 16.6. The van der Waals surface area contributed by atoms with Crippen LogP contribution >= 0.6 is 0 Å². The predicted octanol–water partition coefficient (Wildman–Crippen LogP) is 1.42. The fraction of sp³-hybridized carbons (Fsp3) is 0.600. The van der Waals surface area contributed by atoms with Crippen LogP contribution < -0.4 is 10.2 Å². The van der Waals surface area contributed by atoms with E-state index in [1.807, 2.05) is 11.8 Å². The molecule has 1 aromatic rings. The molecule has 7 nitrogen and oxygen atoms in total. The zero-order valence-corrected chi connectivity index (χ0v) is 9.88. The van der Waals surface area contributed by atoms with Crippen LogP contribution in [0.2, 0.25) is 0 Å². The monoisotopic (exact) mass is 237 g/mol. The van der Waals surface area contributed by atoms with E-state index >= 15 is 0 Å². The largest absolute Gasteiger partial charge is 0.367 e. The van der Waals surface area contributed by atoms with Crippen molar-refractivity contribution in [3.8, 4) is 0 Å². The highest BCUT2D eigenvalue weighted by Gasteiger charge is 2.34. The van der Waals surface area contributed by atoms with Crippen molar-refractivity contribution in [1.29, 1.82) is 0 Å². The van der Waals surface area contributed by atoms with Crippen LogP contribution in [0.4, 0.5) is 17.3 Å². The van der Waals surface area contributed by atoms with E-state index in [2.05, 4.69) is 15.3 Å². The van der Waals surface area contributed by atoms with Crippen LogP contribution in [0.3, 0.4) is 0 Å². The summed E-state index contributed by atoms with van der Waals surface area (Å²) >= 11 is 0. The number of aromatic nitrogens is 2. The zero-order valence-electron chi connectivity index (χ0n) is 9.88. The standard InChI is InChI=1S/C10H15N5O2/c1-3-14(7-4-5-7)10-8(15(16)17)9(11-2)12-6-13-10/h6-7H,3-5H2,1-2H3,(H,11,12,13). The molecule has 0 saturated heterocycles. The Morgan fingerprint density at radius 3 is 2.76 bits per heavy atom. The maximum Gasteiger partial charge on any atom is 0.353 e. The molecule has 0 radical (unpaired) electrons. The van der Waals surface area contributed by atoms with Crippen LogP contribution in [0.1, 0.15) is 19.8 Å². The molecule has 0 bridgehead atoms. The van der Waals surface area contributed by atoms with Crippen molar-refractivity contribution >= 4 is 17.3 Å². The van der Waals surface area contributed by atoms with E-state index in [0.29, 0.717) is 18.4 Å². The van der Waals surface area contributed by atoms with Crippen molar-refractivity contribution < 1.29 is 4.92 Å². The molecule has 92 valence electrons. The minimum absolute atomic E-state index is 0.0382. The summed E-state index contributed by atoms with van der Waals surface area (Å²) in [6, 6.07) is 0.387. The Labute approximate surface area is 99.0 Å². The van der Waals surface area contributed by atoms with Crippen LogP contribution in [-0.2, 0) is 0 Å². The van der Waals surface area contributed by atoms with Gasteiger partial charge in [0.15, 0.2) is 0 Å². The molecule has 1 N–H and O–H groups in total. The molecule has 7 heteroatoms. The predicted molar refractivity (Wildman–Crippen MR) is 64.3 cm³/mol. The van der Waals surface area contributed by atoms with Gasteiger partial charge in [0.2, 0.25) is 11.6 Å². The molecule has 1 aliphatic carbocycles. The number of nitrogens with zero attached hydrogens (tertiary/aromatic N) is 4. The number of hydrogen-bond acceptors (Lipinski definition) is 6. The second-order valence-corrected chi connectivity index (χ2v) is 3.92. The lowest BCUT2D eigenvalue weighted by Gasteiger charge is -2.21. The fourth-order valence-corrected chi connectivity index (χ4v) is 1.90. The topological polar surface area (TPSA) is 84.2 Å². The lowest BCUT2D eigenvalue weighted by atomic mass is 10.3. The molecule has 0 atom stereocenters. The van der Waals surface area contributed by atoms with Crippen molar-refractivity contribution in [2.75, 3.05) is 23.8 Å². The Bertz CT molecular complexity index is 433. The number of hydrogen-bond donors (Lipinski definition) is 1. The second kappa shape index (κ2) is 4.52. The van der Waals surface area contributed by atoms with Crippen LogP contribution in [0.15, 0.2) is 6.33 Å². The minimum atomic E-state index is -0.424. The second-order valence-electron chi connectivity index (χ2n) is 3.92. The van der Waals surface area contributed by atoms with Crippen LogP contribution in [0.25, 0.3) is 0 Å². The summed E-state index contributed by atoms with van der Waals surface area (Å²) in [6.07, 6.45) is 3.51. The molecule has 2 rings (SSSR count). The van der Waals surface area contributed by atoms with Crippen molar-refractivity contribution in [2.45, 2.75) is 25.8 Å². The molecule has 0 aliphatic heterocycles. The van der Waals surface area contributed by atoms with Crippen molar-refractivity contribution in [2.24, 2.45) is 0 Å². The van der Waals surface area contributed by atoms with Gasteiger partial charge in [0, 0.05) is 19.6 Å². The van der Waals surface area contributed by atoms with E-state index in [9.17, 15) is 10.1 Å². The third-order valence-corrected chi connectivity index (χ3v) is 2.82. The van der Waals surface area contributed by atoms with E-state index in [0.717, 1.165) is 12.8 Å². The maximum atomic E-state index is 11.1. The molecular formula is C10H15N5O2. The van der Waals surface area contributed by atoms with E-state index in [-0.39, 0.29) is 11.5 Å². The minimum Gasteiger partial charge on any atom is -0.367 e. The lowest BCUT2D eigenvalue weighted by molar-refractivity contribution is -0.383. The molecule has 0 unspecified atom stereocenters. The van der Waals surface area contributed by atoms with Crippen LogP contribution in [-0.4, -0.2) is 34.5 Å². The molecule has 0 spiro atoms. The molecule has 1 aromatic heterocycles. The Balaban J connectivity index is 2.47. The van der Waals surface area contributed by atoms with Gasteiger partial charge in [-0.25, -0.2) is 9.97 Å². The third kappa shape index (κ3) is 2.13. The van der Waals surface area contributed by atoms with Gasteiger partial charge >= 0.3 is 5.69 Å². The van der Waals surface area contributed by atoms with Crippen molar-refractivity contribution in [1.82, 2.24) is 9.97 Å². The number of rotatable bonds is 5. The van der Waals surface area contributed by atoms with E-state index < -0.39 is 4.92 Å². The first-order chi connectivity index (χ1) is 8.19. The molecule has 1 fully saturated rings. The van der Waals surface area contributed by atoms with E-state index in [1.165, 1.54) is 6.33 Å². The summed E-state index contributed by atoms with van der Waals surface area (Å²) in [5.41, 5.74) is -0.0382. The van der Waals surface area contributed by atoms with Crippen LogP contribution in [0.5, 0.6) is 0 Å². The summed E-state index contributed by atoms with van der Waals surface area (Å²) in [5.74, 6) is 0.679. The Hall–Kier alpha value is -1.92. The van der Waals surface area contributed by atoms with Gasteiger partial charge in [-0.2, -0.15) is 0 Å². The van der Waals surface area contributed by atoms with Gasteiger partial charge in [-0.3, -0.25) is 10.1 Å². The highest BCUT2D eigenvalue weighted by Crippen LogP contribution is 2.37. The highest BCUT2D eigenvalue weighted by molar-refractivity contribution is 5.70. The first kappa shape index (κ1) is 11.6. The first-order valence-corrected chi connectivity index (χ1v) is 5.62. The zero-order chi connectivity index (χ0) is 12.4. The summed E-state index contributed by atoms with van der Waals surface area (Å²) in [7, 11) is 1.62. The molecule has 1 saturated carbocycles. The van der Waals surface area contributed by atoms with Gasteiger partial charge in [0.1, 0.15) is 6.33 Å². The third-order valence-electron chi connectivity index (χ3n) is 2.82. The summed E-state index contributed by atoms with van der Waals surface area (Å²) in [6.45, 7) is 2.69. The first-order valence-electron chi connectivity index (χ1n) is 5.62.